The summed E-state index contributed by atoms with van der Waals surface area (Å²) in [7, 11) is 0. The molecule has 4 nitrogen and oxygen atoms in total. The number of nitrogen functional groups attached to an aromatic ring is 1. The van der Waals surface area contributed by atoms with Gasteiger partial charge < -0.3 is 15.4 Å². The average Bonchev–Trinajstić information content (AvgIpc) is 2.51. The van der Waals surface area contributed by atoms with E-state index < -0.39 is 0 Å². The van der Waals surface area contributed by atoms with Crippen molar-refractivity contribution in [3.8, 4) is 5.75 Å². The Morgan fingerprint density at radius 2 is 2.00 bits per heavy atom. The normalized spacial score (nSPS) is 15.7. The van der Waals surface area contributed by atoms with E-state index in [9.17, 15) is 4.79 Å². The van der Waals surface area contributed by atoms with Crippen molar-refractivity contribution in [2.45, 2.75) is 52.0 Å². The maximum Gasteiger partial charge on any atom is 0.257 e. The molecule has 1 amide bonds. The first-order chi connectivity index (χ1) is 10.2. The van der Waals surface area contributed by atoms with Crippen LogP contribution in [0.1, 0.15) is 56.3 Å². The maximum atomic E-state index is 12.9. The molecule has 4 heteroatoms. The van der Waals surface area contributed by atoms with Gasteiger partial charge >= 0.3 is 0 Å². The van der Waals surface area contributed by atoms with E-state index in [1.54, 1.807) is 6.07 Å². The topological polar surface area (TPSA) is 55.6 Å². The summed E-state index contributed by atoms with van der Waals surface area (Å²) in [5, 5.41) is 0. The van der Waals surface area contributed by atoms with Crippen LogP contribution in [0.5, 0.6) is 5.75 Å². The van der Waals surface area contributed by atoms with Crippen LogP contribution in [0.15, 0.2) is 18.2 Å². The quantitative estimate of drug-likeness (QED) is 0.845. The van der Waals surface area contributed by atoms with Gasteiger partial charge in [0.25, 0.3) is 5.91 Å². The van der Waals surface area contributed by atoms with Crippen molar-refractivity contribution in [3.63, 3.8) is 0 Å². The third-order valence-corrected chi connectivity index (χ3v) is 4.18. The monoisotopic (exact) mass is 290 g/mol. The Morgan fingerprint density at radius 1 is 1.29 bits per heavy atom. The third kappa shape index (κ3) is 3.49. The molecule has 0 heterocycles. The number of carbonyl (C=O) groups excluding carboxylic acids is 1. The zero-order valence-electron chi connectivity index (χ0n) is 13.1. The molecule has 0 spiro atoms. The summed E-state index contributed by atoms with van der Waals surface area (Å²) < 4.78 is 5.60. The number of amides is 1. The molecule has 1 saturated carbocycles. The Bertz CT molecular complexity index is 482. The minimum absolute atomic E-state index is 0.0418. The first-order valence-electron chi connectivity index (χ1n) is 8.01. The fourth-order valence-corrected chi connectivity index (χ4v) is 3.14. The number of hydrogen-bond donors (Lipinski definition) is 1. The average molecular weight is 290 g/mol. The lowest BCUT2D eigenvalue weighted by atomic mass is 9.93. The van der Waals surface area contributed by atoms with Crippen molar-refractivity contribution in [1.82, 2.24) is 4.90 Å². The van der Waals surface area contributed by atoms with E-state index in [0.29, 0.717) is 29.6 Å². The molecular formula is C17H26N2O2. The molecule has 0 saturated heterocycles. The van der Waals surface area contributed by atoms with E-state index >= 15 is 0 Å². The van der Waals surface area contributed by atoms with Crippen LogP contribution in [0.2, 0.25) is 0 Å². The van der Waals surface area contributed by atoms with Gasteiger partial charge in [0.2, 0.25) is 0 Å². The molecule has 0 unspecified atom stereocenters. The highest BCUT2D eigenvalue weighted by molar-refractivity contribution is 5.98. The number of benzene rings is 1. The summed E-state index contributed by atoms with van der Waals surface area (Å²) in [5.41, 5.74) is 7.09. The Kier molecular flexibility index (Phi) is 5.48. The van der Waals surface area contributed by atoms with Gasteiger partial charge in [-0.3, -0.25) is 4.79 Å². The van der Waals surface area contributed by atoms with Crippen LogP contribution < -0.4 is 10.5 Å². The Morgan fingerprint density at radius 3 is 2.62 bits per heavy atom. The van der Waals surface area contributed by atoms with Crippen molar-refractivity contribution in [3.05, 3.63) is 23.8 Å². The van der Waals surface area contributed by atoms with E-state index in [2.05, 4.69) is 0 Å². The lowest BCUT2D eigenvalue weighted by molar-refractivity contribution is 0.0644. The molecule has 2 rings (SSSR count). The molecule has 2 N–H and O–H groups in total. The summed E-state index contributed by atoms with van der Waals surface area (Å²) in [6.07, 6.45) is 5.91. The second-order valence-corrected chi connectivity index (χ2v) is 5.54. The summed E-state index contributed by atoms with van der Waals surface area (Å²) in [4.78, 5) is 14.9. The SMILES string of the molecule is CCOc1c(N)cccc1C(=O)N(CC)C1CCCCC1. The Labute approximate surface area is 127 Å². The molecule has 1 aromatic rings. The molecule has 0 radical (unpaired) electrons. The predicted molar refractivity (Wildman–Crippen MR) is 85.6 cm³/mol. The molecule has 1 fully saturated rings. The number of anilines is 1. The molecule has 0 atom stereocenters. The van der Waals surface area contributed by atoms with Gasteiger partial charge in [0.1, 0.15) is 0 Å². The Balaban J connectivity index is 2.26. The van der Waals surface area contributed by atoms with Crippen molar-refractivity contribution >= 4 is 11.6 Å². The molecule has 1 aromatic carbocycles. The van der Waals surface area contributed by atoms with E-state index in [1.807, 2.05) is 30.9 Å². The van der Waals surface area contributed by atoms with Gasteiger partial charge in [-0.15, -0.1) is 0 Å². The molecular weight excluding hydrogens is 264 g/mol. The van der Waals surface area contributed by atoms with Gasteiger partial charge in [0.15, 0.2) is 5.75 Å². The van der Waals surface area contributed by atoms with E-state index in [0.717, 1.165) is 19.4 Å². The van der Waals surface area contributed by atoms with Crippen LogP contribution in [0.3, 0.4) is 0 Å². The van der Waals surface area contributed by atoms with Gasteiger partial charge in [-0.05, 0) is 38.8 Å². The number of ether oxygens (including phenoxy) is 1. The zero-order chi connectivity index (χ0) is 15.2. The fourth-order valence-electron chi connectivity index (χ4n) is 3.14. The first-order valence-corrected chi connectivity index (χ1v) is 8.01. The molecule has 0 aliphatic heterocycles. The largest absolute Gasteiger partial charge is 0.491 e. The number of para-hydroxylation sites is 1. The van der Waals surface area contributed by atoms with Crippen LogP contribution in [0.25, 0.3) is 0 Å². The zero-order valence-corrected chi connectivity index (χ0v) is 13.1. The number of hydrogen-bond acceptors (Lipinski definition) is 3. The standard InChI is InChI=1S/C17H26N2O2/c1-3-19(13-9-6-5-7-10-13)17(20)14-11-8-12-15(18)16(14)21-4-2/h8,11-13H,3-7,9-10,18H2,1-2H3. The smallest absolute Gasteiger partial charge is 0.257 e. The minimum Gasteiger partial charge on any atom is -0.491 e. The highest BCUT2D eigenvalue weighted by Crippen LogP contribution is 2.30. The fraction of sp³-hybridized carbons (Fsp3) is 0.588. The predicted octanol–water partition coefficient (Wildman–Crippen LogP) is 3.46. The van der Waals surface area contributed by atoms with Gasteiger partial charge in [-0.2, -0.15) is 0 Å². The summed E-state index contributed by atoms with van der Waals surface area (Å²) in [6, 6.07) is 5.76. The molecule has 1 aliphatic rings. The second-order valence-electron chi connectivity index (χ2n) is 5.54. The van der Waals surface area contributed by atoms with Gasteiger partial charge in [-0.1, -0.05) is 25.3 Å². The van der Waals surface area contributed by atoms with Gasteiger partial charge in [0.05, 0.1) is 17.9 Å². The number of rotatable bonds is 5. The lowest BCUT2D eigenvalue weighted by Gasteiger charge is -2.34. The molecule has 0 bridgehead atoms. The second kappa shape index (κ2) is 7.34. The van der Waals surface area contributed by atoms with Crippen LogP contribution >= 0.6 is 0 Å². The van der Waals surface area contributed by atoms with E-state index in [1.165, 1.54) is 19.3 Å². The lowest BCUT2D eigenvalue weighted by Crippen LogP contribution is -2.41. The van der Waals surface area contributed by atoms with Crippen LogP contribution in [-0.2, 0) is 0 Å². The summed E-state index contributed by atoms with van der Waals surface area (Å²) >= 11 is 0. The molecule has 1 aliphatic carbocycles. The van der Waals surface area contributed by atoms with Crippen molar-refractivity contribution < 1.29 is 9.53 Å². The van der Waals surface area contributed by atoms with Gasteiger partial charge in [-0.25, -0.2) is 0 Å². The summed E-state index contributed by atoms with van der Waals surface area (Å²) in [5.74, 6) is 0.569. The molecule has 116 valence electrons. The molecule has 21 heavy (non-hydrogen) atoms. The summed E-state index contributed by atoms with van der Waals surface area (Å²) in [6.45, 7) is 5.17. The number of nitrogens with two attached hydrogens (primary N) is 1. The Hall–Kier alpha value is -1.71. The first kappa shape index (κ1) is 15.7. The van der Waals surface area contributed by atoms with Crippen molar-refractivity contribution in [1.29, 1.82) is 0 Å². The highest BCUT2D eigenvalue weighted by atomic mass is 16.5. The van der Waals surface area contributed by atoms with Crippen molar-refractivity contribution in [2.75, 3.05) is 18.9 Å². The van der Waals surface area contributed by atoms with Crippen LogP contribution in [-0.4, -0.2) is 30.0 Å². The maximum absolute atomic E-state index is 12.9. The van der Waals surface area contributed by atoms with Crippen LogP contribution in [0, 0.1) is 0 Å². The highest BCUT2D eigenvalue weighted by Gasteiger charge is 2.27. The van der Waals surface area contributed by atoms with Crippen LogP contribution in [0.4, 0.5) is 5.69 Å². The molecule has 0 aromatic heterocycles. The minimum atomic E-state index is 0.0418. The number of carbonyl (C=O) groups is 1. The van der Waals surface area contributed by atoms with Crippen molar-refractivity contribution in [2.24, 2.45) is 0 Å². The number of nitrogens with zero attached hydrogens (tertiary/aromatic N) is 1. The van der Waals surface area contributed by atoms with E-state index in [4.69, 9.17) is 10.5 Å². The third-order valence-electron chi connectivity index (χ3n) is 4.18. The van der Waals surface area contributed by atoms with E-state index in [-0.39, 0.29) is 5.91 Å². The van der Waals surface area contributed by atoms with Gasteiger partial charge in [0, 0.05) is 12.6 Å².